The SMILES string of the molecule is C=C(C)/C=C\C(=C)C(C)=O.CC. The average Bonchev–Trinajstić information content (AvgIpc) is 2.03. The van der Waals surface area contributed by atoms with E-state index < -0.39 is 0 Å². The summed E-state index contributed by atoms with van der Waals surface area (Å²) in [5.74, 6) is -0.00231. The molecule has 12 heavy (non-hydrogen) atoms. The van der Waals surface area contributed by atoms with Crippen molar-refractivity contribution in [2.75, 3.05) is 0 Å². The normalized spacial score (nSPS) is 8.67. The highest BCUT2D eigenvalue weighted by molar-refractivity contribution is 5.95. The number of carbonyl (C=O) groups is 1. The van der Waals surface area contributed by atoms with Crippen LogP contribution in [0.5, 0.6) is 0 Å². The molecule has 0 spiro atoms. The molecule has 0 aliphatic rings. The number of rotatable bonds is 3. The summed E-state index contributed by atoms with van der Waals surface area (Å²) in [7, 11) is 0. The molecular formula is C11H18O. The fourth-order valence-electron chi connectivity index (χ4n) is 0.360. The third-order valence-corrected chi connectivity index (χ3v) is 1.02. The van der Waals surface area contributed by atoms with Gasteiger partial charge in [-0.2, -0.15) is 0 Å². The largest absolute Gasteiger partial charge is 0.295 e. The third-order valence-electron chi connectivity index (χ3n) is 1.02. The van der Waals surface area contributed by atoms with Crippen LogP contribution in [0.2, 0.25) is 0 Å². The Kier molecular flexibility index (Phi) is 8.98. The summed E-state index contributed by atoms with van der Waals surface area (Å²) in [6, 6.07) is 0. The van der Waals surface area contributed by atoms with Crippen molar-refractivity contribution in [2.24, 2.45) is 0 Å². The Morgan fingerprint density at radius 1 is 1.08 bits per heavy atom. The summed E-state index contributed by atoms with van der Waals surface area (Å²) in [6.45, 7) is 14.6. The topological polar surface area (TPSA) is 17.1 Å². The molecular weight excluding hydrogens is 148 g/mol. The lowest BCUT2D eigenvalue weighted by Gasteiger charge is -1.89. The van der Waals surface area contributed by atoms with E-state index in [1.807, 2.05) is 20.8 Å². The van der Waals surface area contributed by atoms with Gasteiger partial charge in [0.15, 0.2) is 5.78 Å². The number of ketones is 1. The van der Waals surface area contributed by atoms with Crippen molar-refractivity contribution >= 4 is 5.78 Å². The molecule has 0 aliphatic carbocycles. The van der Waals surface area contributed by atoms with Crippen molar-refractivity contribution in [3.05, 3.63) is 36.5 Å². The molecule has 0 fully saturated rings. The smallest absolute Gasteiger partial charge is 0.159 e. The third kappa shape index (κ3) is 8.89. The number of carbonyl (C=O) groups excluding carboxylic acids is 1. The van der Waals surface area contributed by atoms with E-state index in [2.05, 4.69) is 13.2 Å². The first kappa shape index (κ1) is 13.5. The first-order chi connectivity index (χ1) is 5.54. The second kappa shape index (κ2) is 7.99. The highest BCUT2D eigenvalue weighted by atomic mass is 16.1. The molecule has 0 heterocycles. The van der Waals surface area contributed by atoms with Crippen LogP contribution in [-0.2, 0) is 4.79 Å². The van der Waals surface area contributed by atoms with Gasteiger partial charge >= 0.3 is 0 Å². The molecule has 1 nitrogen and oxygen atoms in total. The lowest BCUT2D eigenvalue weighted by atomic mass is 10.2. The Bertz CT molecular complexity index is 197. The van der Waals surface area contributed by atoms with Gasteiger partial charge in [-0.1, -0.05) is 44.7 Å². The number of hydrogen-bond donors (Lipinski definition) is 0. The van der Waals surface area contributed by atoms with E-state index in [1.54, 1.807) is 12.2 Å². The van der Waals surface area contributed by atoms with E-state index in [4.69, 9.17) is 0 Å². The van der Waals surface area contributed by atoms with Crippen molar-refractivity contribution in [1.29, 1.82) is 0 Å². The van der Waals surface area contributed by atoms with Gasteiger partial charge < -0.3 is 0 Å². The molecule has 0 amide bonds. The summed E-state index contributed by atoms with van der Waals surface area (Å²) < 4.78 is 0. The van der Waals surface area contributed by atoms with Crippen LogP contribution in [0.4, 0.5) is 0 Å². The zero-order valence-corrected chi connectivity index (χ0v) is 8.48. The van der Waals surface area contributed by atoms with Gasteiger partial charge in [0.2, 0.25) is 0 Å². The zero-order valence-electron chi connectivity index (χ0n) is 8.48. The number of Topliss-reactive ketones (excluding diaryl/α,β-unsaturated/α-hetero) is 1. The maximum atomic E-state index is 10.6. The van der Waals surface area contributed by atoms with E-state index in [0.29, 0.717) is 5.57 Å². The van der Waals surface area contributed by atoms with E-state index in [0.717, 1.165) is 5.57 Å². The van der Waals surface area contributed by atoms with Crippen molar-refractivity contribution in [1.82, 2.24) is 0 Å². The molecule has 0 aromatic heterocycles. The van der Waals surface area contributed by atoms with Crippen molar-refractivity contribution in [3.63, 3.8) is 0 Å². The average molecular weight is 166 g/mol. The lowest BCUT2D eigenvalue weighted by Crippen LogP contribution is -1.89. The number of allylic oxidation sites excluding steroid dienone is 4. The van der Waals surface area contributed by atoms with Gasteiger partial charge in [0.1, 0.15) is 0 Å². The maximum absolute atomic E-state index is 10.6. The van der Waals surface area contributed by atoms with Crippen molar-refractivity contribution < 1.29 is 4.79 Å². The van der Waals surface area contributed by atoms with E-state index in [1.165, 1.54) is 6.92 Å². The summed E-state index contributed by atoms with van der Waals surface area (Å²) in [5.41, 5.74) is 1.44. The van der Waals surface area contributed by atoms with Crippen LogP contribution in [-0.4, -0.2) is 5.78 Å². The van der Waals surface area contributed by atoms with Crippen LogP contribution in [0.1, 0.15) is 27.7 Å². The predicted octanol–water partition coefficient (Wildman–Crippen LogP) is 3.29. The molecule has 0 atom stereocenters. The zero-order chi connectivity index (χ0) is 10.1. The van der Waals surface area contributed by atoms with Gasteiger partial charge in [-0.15, -0.1) is 0 Å². The standard InChI is InChI=1S/C9H12O.C2H6/c1-7(2)5-6-8(3)9(4)10;1-2/h5-6H,1,3H2,2,4H3;1-2H3/b6-5-;. The van der Waals surface area contributed by atoms with Gasteiger partial charge in [0.25, 0.3) is 0 Å². The molecule has 0 saturated heterocycles. The maximum Gasteiger partial charge on any atom is 0.159 e. The minimum absolute atomic E-state index is 0.00231. The molecule has 0 rings (SSSR count). The summed E-state index contributed by atoms with van der Waals surface area (Å²) in [5, 5.41) is 0. The van der Waals surface area contributed by atoms with Crippen molar-refractivity contribution in [3.8, 4) is 0 Å². The Morgan fingerprint density at radius 3 is 1.75 bits per heavy atom. The second-order valence-corrected chi connectivity index (χ2v) is 2.26. The molecule has 0 N–H and O–H groups in total. The van der Waals surface area contributed by atoms with Gasteiger partial charge in [0.05, 0.1) is 0 Å². The van der Waals surface area contributed by atoms with Gasteiger partial charge in [-0.25, -0.2) is 0 Å². The minimum atomic E-state index is -0.00231. The Balaban J connectivity index is 0. The highest BCUT2D eigenvalue weighted by Gasteiger charge is 1.92. The van der Waals surface area contributed by atoms with Crippen LogP contribution >= 0.6 is 0 Å². The highest BCUT2D eigenvalue weighted by Crippen LogP contribution is 1.97. The Hall–Kier alpha value is -1.11. The van der Waals surface area contributed by atoms with Crippen LogP contribution in [0.3, 0.4) is 0 Å². The first-order valence-electron chi connectivity index (χ1n) is 4.07. The van der Waals surface area contributed by atoms with Gasteiger partial charge in [0, 0.05) is 5.57 Å². The lowest BCUT2D eigenvalue weighted by molar-refractivity contribution is -0.113. The van der Waals surface area contributed by atoms with Crippen LogP contribution in [0, 0.1) is 0 Å². The number of hydrogen-bond acceptors (Lipinski definition) is 1. The fourth-order valence-corrected chi connectivity index (χ4v) is 0.360. The summed E-state index contributed by atoms with van der Waals surface area (Å²) >= 11 is 0. The van der Waals surface area contributed by atoms with Crippen LogP contribution in [0.25, 0.3) is 0 Å². The predicted molar refractivity (Wildman–Crippen MR) is 55.1 cm³/mol. The molecule has 1 heteroatoms. The Morgan fingerprint density at radius 2 is 1.50 bits per heavy atom. The second-order valence-electron chi connectivity index (χ2n) is 2.26. The summed E-state index contributed by atoms with van der Waals surface area (Å²) in [4.78, 5) is 10.6. The van der Waals surface area contributed by atoms with Gasteiger partial charge in [-0.3, -0.25) is 4.79 Å². The molecule has 0 unspecified atom stereocenters. The Labute approximate surface area is 75.5 Å². The quantitative estimate of drug-likeness (QED) is 0.464. The van der Waals surface area contributed by atoms with Crippen LogP contribution < -0.4 is 0 Å². The van der Waals surface area contributed by atoms with Gasteiger partial charge in [-0.05, 0) is 13.8 Å². The summed E-state index contributed by atoms with van der Waals surface area (Å²) in [6.07, 6.45) is 3.44. The molecule has 0 aromatic carbocycles. The van der Waals surface area contributed by atoms with E-state index in [9.17, 15) is 4.79 Å². The van der Waals surface area contributed by atoms with Crippen LogP contribution in [0.15, 0.2) is 36.5 Å². The van der Waals surface area contributed by atoms with Crippen molar-refractivity contribution in [2.45, 2.75) is 27.7 Å². The molecule has 0 saturated carbocycles. The van der Waals surface area contributed by atoms with E-state index >= 15 is 0 Å². The fraction of sp³-hybridized carbons (Fsp3) is 0.364. The molecule has 0 radical (unpaired) electrons. The van der Waals surface area contributed by atoms with E-state index in [-0.39, 0.29) is 5.78 Å². The minimum Gasteiger partial charge on any atom is -0.295 e. The molecule has 68 valence electrons. The first-order valence-corrected chi connectivity index (χ1v) is 4.07. The molecule has 0 aliphatic heterocycles. The molecule has 0 aromatic rings. The molecule has 0 bridgehead atoms. The monoisotopic (exact) mass is 166 g/mol.